The van der Waals surface area contributed by atoms with E-state index in [0.717, 1.165) is 23.4 Å². The third-order valence-corrected chi connectivity index (χ3v) is 3.40. The van der Waals surface area contributed by atoms with Crippen LogP contribution in [-0.4, -0.2) is 11.7 Å². The molecule has 0 fully saturated rings. The highest BCUT2D eigenvalue weighted by atomic mass is 35.5. The summed E-state index contributed by atoms with van der Waals surface area (Å²) in [6.45, 7) is 5.44. The lowest BCUT2D eigenvalue weighted by Crippen LogP contribution is -2.04. The van der Waals surface area contributed by atoms with E-state index >= 15 is 0 Å². The van der Waals surface area contributed by atoms with Gasteiger partial charge in [0, 0.05) is 6.54 Å². The number of aryl methyl sites for hydroxylation is 1. The van der Waals surface area contributed by atoms with Gasteiger partial charge in [0.1, 0.15) is 11.5 Å². The lowest BCUT2D eigenvalue weighted by atomic mass is 10.2. The summed E-state index contributed by atoms with van der Waals surface area (Å²) in [5, 5.41) is 13.1. The van der Waals surface area contributed by atoms with E-state index in [1.807, 2.05) is 31.2 Å². The smallest absolute Gasteiger partial charge is 0.142 e. The fourth-order valence-corrected chi connectivity index (χ4v) is 2.17. The van der Waals surface area contributed by atoms with E-state index in [4.69, 9.17) is 16.3 Å². The molecule has 0 unspecified atom stereocenters. The second-order valence-corrected chi connectivity index (χ2v) is 5.39. The van der Waals surface area contributed by atoms with Crippen molar-refractivity contribution in [2.75, 3.05) is 11.9 Å². The van der Waals surface area contributed by atoms with Crippen molar-refractivity contribution in [3.63, 3.8) is 0 Å². The Balaban J connectivity index is 2.09. The average molecular weight is 306 g/mol. The third-order valence-electron chi connectivity index (χ3n) is 3.09. The zero-order valence-corrected chi connectivity index (χ0v) is 13.1. The van der Waals surface area contributed by atoms with Crippen molar-refractivity contribution < 1.29 is 9.84 Å². The van der Waals surface area contributed by atoms with Gasteiger partial charge in [-0.3, -0.25) is 0 Å². The SMILES string of the molecule is CCCOc1cc(C)ccc1NCc1ccc(O)c(Cl)c1. The molecule has 0 amide bonds. The highest BCUT2D eigenvalue weighted by Gasteiger charge is 2.05. The fourth-order valence-electron chi connectivity index (χ4n) is 1.96. The Morgan fingerprint density at radius 2 is 2.00 bits per heavy atom. The molecule has 0 saturated heterocycles. The molecule has 0 saturated carbocycles. The number of hydrogen-bond acceptors (Lipinski definition) is 3. The van der Waals surface area contributed by atoms with Crippen LogP contribution < -0.4 is 10.1 Å². The Morgan fingerprint density at radius 3 is 2.71 bits per heavy atom. The lowest BCUT2D eigenvalue weighted by molar-refractivity contribution is 0.318. The van der Waals surface area contributed by atoms with E-state index in [9.17, 15) is 5.11 Å². The Bertz CT molecular complexity index is 614. The molecule has 21 heavy (non-hydrogen) atoms. The van der Waals surface area contributed by atoms with Gasteiger partial charge >= 0.3 is 0 Å². The van der Waals surface area contributed by atoms with Crippen LogP contribution >= 0.6 is 11.6 Å². The molecule has 0 aliphatic rings. The summed E-state index contributed by atoms with van der Waals surface area (Å²) in [6, 6.07) is 11.3. The summed E-state index contributed by atoms with van der Waals surface area (Å²) >= 11 is 5.91. The molecular formula is C17H20ClNO2. The summed E-state index contributed by atoms with van der Waals surface area (Å²) in [5.74, 6) is 0.962. The molecule has 0 atom stereocenters. The Kier molecular flexibility index (Phi) is 5.34. The Hall–Kier alpha value is -1.87. The van der Waals surface area contributed by atoms with Crippen molar-refractivity contribution in [1.29, 1.82) is 0 Å². The molecule has 0 heterocycles. The van der Waals surface area contributed by atoms with E-state index in [1.165, 1.54) is 5.56 Å². The normalized spacial score (nSPS) is 10.4. The molecule has 0 bridgehead atoms. The number of benzene rings is 2. The number of phenolic OH excluding ortho intramolecular Hbond substituents is 1. The summed E-state index contributed by atoms with van der Waals surface area (Å²) in [4.78, 5) is 0. The number of aromatic hydroxyl groups is 1. The fraction of sp³-hybridized carbons (Fsp3) is 0.294. The first-order valence-electron chi connectivity index (χ1n) is 7.05. The summed E-state index contributed by atoms with van der Waals surface area (Å²) in [5.41, 5.74) is 3.12. The van der Waals surface area contributed by atoms with Crippen LogP contribution in [0.3, 0.4) is 0 Å². The number of ether oxygens (including phenoxy) is 1. The molecule has 112 valence electrons. The monoisotopic (exact) mass is 305 g/mol. The van der Waals surface area contributed by atoms with E-state index in [2.05, 4.69) is 12.2 Å². The maximum Gasteiger partial charge on any atom is 0.142 e. The maximum atomic E-state index is 9.43. The van der Waals surface area contributed by atoms with Gasteiger partial charge in [0.25, 0.3) is 0 Å². The molecule has 0 aliphatic heterocycles. The van der Waals surface area contributed by atoms with Crippen molar-refractivity contribution in [2.45, 2.75) is 26.8 Å². The van der Waals surface area contributed by atoms with Crippen LogP contribution in [0, 0.1) is 6.92 Å². The number of phenols is 1. The summed E-state index contributed by atoms with van der Waals surface area (Å²) in [6.07, 6.45) is 0.973. The van der Waals surface area contributed by atoms with Crippen molar-refractivity contribution in [3.8, 4) is 11.5 Å². The molecule has 2 rings (SSSR count). The van der Waals surface area contributed by atoms with Crippen LogP contribution in [0.1, 0.15) is 24.5 Å². The highest BCUT2D eigenvalue weighted by Crippen LogP contribution is 2.28. The van der Waals surface area contributed by atoms with Gasteiger partial charge in [-0.15, -0.1) is 0 Å². The molecule has 0 spiro atoms. The van der Waals surface area contributed by atoms with Gasteiger partial charge in [-0.2, -0.15) is 0 Å². The first-order chi connectivity index (χ1) is 10.1. The zero-order valence-electron chi connectivity index (χ0n) is 12.3. The predicted molar refractivity (Wildman–Crippen MR) is 87.4 cm³/mol. The first-order valence-corrected chi connectivity index (χ1v) is 7.42. The number of nitrogens with one attached hydrogen (secondary N) is 1. The largest absolute Gasteiger partial charge is 0.506 e. The van der Waals surface area contributed by atoms with Crippen LogP contribution in [-0.2, 0) is 6.54 Å². The molecule has 0 radical (unpaired) electrons. The van der Waals surface area contributed by atoms with Crippen LogP contribution in [0.2, 0.25) is 5.02 Å². The van der Waals surface area contributed by atoms with Gasteiger partial charge in [0.2, 0.25) is 0 Å². The van der Waals surface area contributed by atoms with E-state index in [1.54, 1.807) is 12.1 Å². The van der Waals surface area contributed by atoms with Crippen LogP contribution in [0.25, 0.3) is 0 Å². The average Bonchev–Trinajstić information content (AvgIpc) is 2.47. The summed E-state index contributed by atoms with van der Waals surface area (Å²) in [7, 11) is 0. The molecule has 2 aromatic rings. The number of hydrogen-bond donors (Lipinski definition) is 2. The maximum absolute atomic E-state index is 9.43. The van der Waals surface area contributed by atoms with Crippen molar-refractivity contribution in [1.82, 2.24) is 0 Å². The number of rotatable bonds is 6. The molecule has 2 aromatic carbocycles. The summed E-state index contributed by atoms with van der Waals surface area (Å²) < 4.78 is 5.77. The van der Waals surface area contributed by atoms with Gasteiger partial charge in [-0.25, -0.2) is 0 Å². The second kappa shape index (κ2) is 7.23. The standard InChI is InChI=1S/C17H20ClNO2/c1-3-8-21-17-9-12(2)4-6-15(17)19-11-13-5-7-16(20)14(18)10-13/h4-7,9-10,19-20H,3,8,11H2,1-2H3. The molecular weight excluding hydrogens is 286 g/mol. The van der Waals surface area contributed by atoms with Crippen molar-refractivity contribution in [3.05, 3.63) is 52.5 Å². The van der Waals surface area contributed by atoms with Crippen LogP contribution in [0.4, 0.5) is 5.69 Å². The quantitative estimate of drug-likeness (QED) is 0.809. The highest BCUT2D eigenvalue weighted by molar-refractivity contribution is 6.32. The molecule has 4 heteroatoms. The predicted octanol–water partition coefficient (Wildman–Crippen LogP) is 4.75. The third kappa shape index (κ3) is 4.30. The zero-order chi connectivity index (χ0) is 15.2. The molecule has 3 nitrogen and oxygen atoms in total. The Labute approximate surface area is 130 Å². The van der Waals surface area contributed by atoms with Crippen molar-refractivity contribution >= 4 is 17.3 Å². The van der Waals surface area contributed by atoms with E-state index in [0.29, 0.717) is 18.2 Å². The topological polar surface area (TPSA) is 41.5 Å². The van der Waals surface area contributed by atoms with Gasteiger partial charge in [-0.05, 0) is 48.7 Å². The van der Waals surface area contributed by atoms with Gasteiger partial charge in [0.15, 0.2) is 0 Å². The number of halogens is 1. The lowest BCUT2D eigenvalue weighted by Gasteiger charge is -2.14. The van der Waals surface area contributed by atoms with Crippen LogP contribution in [0.5, 0.6) is 11.5 Å². The van der Waals surface area contributed by atoms with E-state index < -0.39 is 0 Å². The van der Waals surface area contributed by atoms with Crippen LogP contribution in [0.15, 0.2) is 36.4 Å². The second-order valence-electron chi connectivity index (χ2n) is 4.99. The van der Waals surface area contributed by atoms with Gasteiger partial charge in [-0.1, -0.05) is 30.7 Å². The Morgan fingerprint density at radius 1 is 1.19 bits per heavy atom. The van der Waals surface area contributed by atoms with Gasteiger partial charge < -0.3 is 15.2 Å². The minimum Gasteiger partial charge on any atom is -0.506 e. The number of anilines is 1. The van der Waals surface area contributed by atoms with Crippen molar-refractivity contribution in [2.24, 2.45) is 0 Å². The van der Waals surface area contributed by atoms with Gasteiger partial charge in [0.05, 0.1) is 17.3 Å². The minimum atomic E-state index is 0.0997. The minimum absolute atomic E-state index is 0.0997. The molecule has 2 N–H and O–H groups in total. The van der Waals surface area contributed by atoms with E-state index in [-0.39, 0.29) is 5.75 Å². The molecule has 0 aliphatic carbocycles. The molecule has 0 aromatic heterocycles. The first kappa shape index (κ1) is 15.5.